The van der Waals surface area contributed by atoms with Crippen molar-refractivity contribution in [2.24, 2.45) is 0 Å². The molecule has 40 heavy (non-hydrogen) atoms. The standard InChI is InChI=1S/C40H26/c1-2-12-28(13-3-1)39-35-17-6-8-19-37(35)40(38-20-9-7-18-36(38)39)32-15-10-14-29(26-32)30-23-24-34-31(25-30)22-21-27-11-4-5-16-33(27)34/h1-26H. The second-order valence-corrected chi connectivity index (χ2v) is 10.5. The van der Waals surface area contributed by atoms with Gasteiger partial charge < -0.3 is 0 Å². The Morgan fingerprint density at radius 1 is 0.225 bits per heavy atom. The van der Waals surface area contributed by atoms with E-state index in [-0.39, 0.29) is 0 Å². The smallest absolute Gasteiger partial charge is 0.00262 e. The van der Waals surface area contributed by atoms with Gasteiger partial charge >= 0.3 is 0 Å². The van der Waals surface area contributed by atoms with Crippen molar-refractivity contribution in [2.75, 3.05) is 0 Å². The van der Waals surface area contributed by atoms with Crippen LogP contribution in [0.5, 0.6) is 0 Å². The van der Waals surface area contributed by atoms with Gasteiger partial charge in [0, 0.05) is 0 Å². The van der Waals surface area contributed by atoms with Gasteiger partial charge in [0.05, 0.1) is 0 Å². The first kappa shape index (κ1) is 22.8. The minimum absolute atomic E-state index is 1.23. The van der Waals surface area contributed by atoms with Crippen LogP contribution in [0.1, 0.15) is 0 Å². The van der Waals surface area contributed by atoms with Crippen molar-refractivity contribution in [3.05, 3.63) is 158 Å². The van der Waals surface area contributed by atoms with Crippen molar-refractivity contribution in [1.29, 1.82) is 0 Å². The van der Waals surface area contributed by atoms with E-state index in [2.05, 4.69) is 158 Å². The van der Waals surface area contributed by atoms with Gasteiger partial charge in [-0.25, -0.2) is 0 Å². The summed E-state index contributed by atoms with van der Waals surface area (Å²) in [7, 11) is 0. The summed E-state index contributed by atoms with van der Waals surface area (Å²) in [5.74, 6) is 0. The van der Waals surface area contributed by atoms with Gasteiger partial charge in [-0.05, 0) is 88.6 Å². The summed E-state index contributed by atoms with van der Waals surface area (Å²) in [6.45, 7) is 0. The Morgan fingerprint density at radius 2 is 0.700 bits per heavy atom. The van der Waals surface area contributed by atoms with Gasteiger partial charge in [-0.3, -0.25) is 0 Å². The lowest BCUT2D eigenvalue weighted by Crippen LogP contribution is -1.91. The van der Waals surface area contributed by atoms with Crippen molar-refractivity contribution < 1.29 is 0 Å². The Morgan fingerprint density at radius 3 is 1.40 bits per heavy atom. The monoisotopic (exact) mass is 506 g/mol. The molecule has 0 nitrogen and oxygen atoms in total. The topological polar surface area (TPSA) is 0 Å². The molecule has 8 aromatic rings. The Kier molecular flexibility index (Phi) is 5.24. The Hall–Kier alpha value is -5.20. The maximum Gasteiger partial charge on any atom is -0.00262 e. The summed E-state index contributed by atoms with van der Waals surface area (Å²) in [5.41, 5.74) is 7.54. The van der Waals surface area contributed by atoms with Crippen LogP contribution in [-0.4, -0.2) is 0 Å². The fourth-order valence-corrected chi connectivity index (χ4v) is 6.40. The first-order valence-electron chi connectivity index (χ1n) is 13.9. The zero-order chi connectivity index (χ0) is 26.5. The molecular formula is C40H26. The number of hydrogen-bond donors (Lipinski definition) is 0. The van der Waals surface area contributed by atoms with E-state index in [4.69, 9.17) is 0 Å². The van der Waals surface area contributed by atoms with E-state index in [9.17, 15) is 0 Å². The van der Waals surface area contributed by atoms with Crippen LogP contribution in [0.4, 0.5) is 0 Å². The molecule has 0 saturated carbocycles. The van der Waals surface area contributed by atoms with Crippen LogP contribution < -0.4 is 0 Å². The molecule has 0 atom stereocenters. The molecule has 0 unspecified atom stereocenters. The highest BCUT2D eigenvalue weighted by molar-refractivity contribution is 6.21. The molecule has 0 aliphatic carbocycles. The maximum atomic E-state index is 2.36. The van der Waals surface area contributed by atoms with Crippen LogP contribution in [0.25, 0.3) is 76.5 Å². The first-order chi connectivity index (χ1) is 19.8. The lowest BCUT2D eigenvalue weighted by Gasteiger charge is -2.18. The second kappa shape index (κ2) is 9.22. The first-order valence-corrected chi connectivity index (χ1v) is 13.9. The predicted octanol–water partition coefficient (Wildman–Crippen LogP) is 11.3. The van der Waals surface area contributed by atoms with Crippen molar-refractivity contribution in [2.45, 2.75) is 0 Å². The van der Waals surface area contributed by atoms with Gasteiger partial charge in [0.25, 0.3) is 0 Å². The molecule has 0 radical (unpaired) electrons. The summed E-state index contributed by atoms with van der Waals surface area (Å²) in [4.78, 5) is 0. The molecule has 0 N–H and O–H groups in total. The number of fused-ring (bicyclic) bond motifs is 5. The molecular weight excluding hydrogens is 480 g/mol. The average Bonchev–Trinajstić information content (AvgIpc) is 3.03. The third-order valence-electron chi connectivity index (χ3n) is 8.22. The fourth-order valence-electron chi connectivity index (χ4n) is 6.40. The van der Waals surface area contributed by atoms with Crippen molar-refractivity contribution in [3.63, 3.8) is 0 Å². The molecule has 0 spiro atoms. The Bertz CT molecular complexity index is 2150. The molecule has 0 fully saturated rings. The number of rotatable bonds is 3. The SMILES string of the molecule is c1ccc(-c2c3ccccc3c(-c3cccc(-c4ccc5c(ccc6ccccc65)c4)c3)c3ccccc23)cc1. The Labute approximate surface area is 233 Å². The fraction of sp³-hybridized carbons (Fsp3) is 0. The van der Waals surface area contributed by atoms with Gasteiger partial charge in [-0.1, -0.05) is 146 Å². The molecule has 0 amide bonds. The molecule has 0 heteroatoms. The van der Waals surface area contributed by atoms with E-state index >= 15 is 0 Å². The summed E-state index contributed by atoms with van der Waals surface area (Å²) in [6.07, 6.45) is 0. The quantitative estimate of drug-likeness (QED) is 0.165. The predicted molar refractivity (Wildman–Crippen MR) is 173 cm³/mol. The normalized spacial score (nSPS) is 11.5. The lowest BCUT2D eigenvalue weighted by atomic mass is 9.85. The van der Waals surface area contributed by atoms with Crippen molar-refractivity contribution >= 4 is 43.1 Å². The third kappa shape index (κ3) is 3.61. The van der Waals surface area contributed by atoms with E-state index in [1.165, 1.54) is 76.5 Å². The molecule has 0 saturated heterocycles. The van der Waals surface area contributed by atoms with Crippen LogP contribution in [0.15, 0.2) is 158 Å². The van der Waals surface area contributed by atoms with E-state index in [0.717, 1.165) is 0 Å². The van der Waals surface area contributed by atoms with Crippen LogP contribution >= 0.6 is 0 Å². The molecule has 8 rings (SSSR count). The summed E-state index contributed by atoms with van der Waals surface area (Å²) in [5, 5.41) is 10.3. The number of hydrogen-bond acceptors (Lipinski definition) is 0. The second-order valence-electron chi connectivity index (χ2n) is 10.5. The molecule has 186 valence electrons. The van der Waals surface area contributed by atoms with E-state index < -0.39 is 0 Å². The van der Waals surface area contributed by atoms with E-state index in [0.29, 0.717) is 0 Å². The van der Waals surface area contributed by atoms with E-state index in [1.807, 2.05) is 0 Å². The minimum atomic E-state index is 1.23. The summed E-state index contributed by atoms with van der Waals surface area (Å²) < 4.78 is 0. The third-order valence-corrected chi connectivity index (χ3v) is 8.22. The van der Waals surface area contributed by atoms with Crippen LogP contribution in [-0.2, 0) is 0 Å². The average molecular weight is 507 g/mol. The van der Waals surface area contributed by atoms with Gasteiger partial charge in [-0.15, -0.1) is 0 Å². The minimum Gasteiger partial charge on any atom is -0.0622 e. The summed E-state index contributed by atoms with van der Waals surface area (Å²) >= 11 is 0. The van der Waals surface area contributed by atoms with Gasteiger partial charge in [0.2, 0.25) is 0 Å². The summed E-state index contributed by atoms with van der Waals surface area (Å²) in [6, 6.07) is 57.5. The van der Waals surface area contributed by atoms with Crippen LogP contribution in [0.2, 0.25) is 0 Å². The van der Waals surface area contributed by atoms with Crippen LogP contribution in [0.3, 0.4) is 0 Å². The molecule has 0 aliphatic heterocycles. The molecule has 0 bridgehead atoms. The zero-order valence-electron chi connectivity index (χ0n) is 22.0. The van der Waals surface area contributed by atoms with E-state index in [1.54, 1.807) is 0 Å². The highest BCUT2D eigenvalue weighted by Gasteiger charge is 2.16. The van der Waals surface area contributed by atoms with Gasteiger partial charge in [0.1, 0.15) is 0 Å². The number of benzene rings is 8. The Balaban J connectivity index is 1.36. The molecule has 0 aliphatic rings. The molecule has 0 heterocycles. The largest absolute Gasteiger partial charge is 0.0622 e. The highest BCUT2D eigenvalue weighted by Crippen LogP contribution is 2.44. The van der Waals surface area contributed by atoms with Gasteiger partial charge in [0.15, 0.2) is 0 Å². The van der Waals surface area contributed by atoms with Crippen molar-refractivity contribution in [3.8, 4) is 33.4 Å². The lowest BCUT2D eigenvalue weighted by molar-refractivity contribution is 1.63. The highest BCUT2D eigenvalue weighted by atomic mass is 14.2. The molecule has 0 aromatic heterocycles. The molecule has 8 aromatic carbocycles. The maximum absolute atomic E-state index is 2.36. The zero-order valence-corrected chi connectivity index (χ0v) is 22.0. The van der Waals surface area contributed by atoms with Crippen LogP contribution in [0, 0.1) is 0 Å². The van der Waals surface area contributed by atoms with Crippen molar-refractivity contribution in [1.82, 2.24) is 0 Å². The van der Waals surface area contributed by atoms with Gasteiger partial charge in [-0.2, -0.15) is 0 Å².